The Balaban J connectivity index is 2.50. The van der Waals surface area contributed by atoms with Crippen molar-refractivity contribution < 1.29 is 4.39 Å². The maximum atomic E-state index is 13.5. The Morgan fingerprint density at radius 3 is 2.65 bits per heavy atom. The van der Waals surface area contributed by atoms with Crippen molar-refractivity contribution in [2.75, 3.05) is 6.54 Å². The van der Waals surface area contributed by atoms with Gasteiger partial charge in [0.25, 0.3) is 0 Å². The Hall–Kier alpha value is -1.81. The van der Waals surface area contributed by atoms with E-state index in [9.17, 15) is 4.39 Å². The maximum Gasteiger partial charge on any atom is 0.123 e. The van der Waals surface area contributed by atoms with E-state index in [0.717, 1.165) is 35.5 Å². The lowest BCUT2D eigenvalue weighted by molar-refractivity contribution is 0.596. The first-order valence-corrected chi connectivity index (χ1v) is 6.97. The number of rotatable bonds is 5. The first-order valence-electron chi connectivity index (χ1n) is 6.97. The van der Waals surface area contributed by atoms with E-state index >= 15 is 0 Å². The summed E-state index contributed by atoms with van der Waals surface area (Å²) in [5.74, 6) is -0.220. The molecule has 1 unspecified atom stereocenters. The molecule has 3 nitrogen and oxygen atoms in total. The van der Waals surface area contributed by atoms with Crippen molar-refractivity contribution in [1.29, 1.82) is 0 Å². The second-order valence-electron chi connectivity index (χ2n) is 4.79. The van der Waals surface area contributed by atoms with Crippen molar-refractivity contribution >= 4 is 0 Å². The monoisotopic (exact) mass is 273 g/mol. The van der Waals surface area contributed by atoms with Crippen molar-refractivity contribution in [3.8, 4) is 0 Å². The first-order chi connectivity index (χ1) is 9.65. The van der Waals surface area contributed by atoms with Gasteiger partial charge >= 0.3 is 0 Å². The SMILES string of the molecule is CCNC(c1cccc(F)c1)c1cc(C)nnc1CC. The average Bonchev–Trinajstić information content (AvgIpc) is 2.44. The van der Waals surface area contributed by atoms with E-state index in [2.05, 4.69) is 22.4 Å². The number of halogens is 1. The number of hydrogen-bond acceptors (Lipinski definition) is 3. The molecule has 20 heavy (non-hydrogen) atoms. The van der Waals surface area contributed by atoms with E-state index in [4.69, 9.17) is 0 Å². The lowest BCUT2D eigenvalue weighted by Crippen LogP contribution is -2.24. The molecule has 106 valence electrons. The third-order valence-electron chi connectivity index (χ3n) is 3.26. The van der Waals surface area contributed by atoms with Crippen molar-refractivity contribution in [3.05, 3.63) is 58.7 Å². The largest absolute Gasteiger partial charge is 0.306 e. The van der Waals surface area contributed by atoms with E-state index in [-0.39, 0.29) is 11.9 Å². The fourth-order valence-electron chi connectivity index (χ4n) is 2.36. The summed E-state index contributed by atoms with van der Waals surface area (Å²) in [7, 11) is 0. The van der Waals surface area contributed by atoms with E-state index in [1.807, 2.05) is 26.0 Å². The quantitative estimate of drug-likeness (QED) is 0.909. The summed E-state index contributed by atoms with van der Waals surface area (Å²) in [6.07, 6.45) is 0.805. The fraction of sp³-hybridized carbons (Fsp3) is 0.375. The topological polar surface area (TPSA) is 37.8 Å². The molecule has 1 atom stereocenters. The van der Waals surface area contributed by atoms with Crippen molar-refractivity contribution in [1.82, 2.24) is 15.5 Å². The van der Waals surface area contributed by atoms with Crippen LogP contribution in [-0.2, 0) is 6.42 Å². The zero-order valence-corrected chi connectivity index (χ0v) is 12.2. The molecule has 2 aromatic rings. The molecule has 1 aromatic carbocycles. The number of nitrogens with one attached hydrogen (secondary N) is 1. The molecule has 0 amide bonds. The Kier molecular flexibility index (Phi) is 4.79. The summed E-state index contributed by atoms with van der Waals surface area (Å²) < 4.78 is 13.5. The molecule has 0 saturated carbocycles. The number of nitrogens with zero attached hydrogens (tertiary/aromatic N) is 2. The van der Waals surface area contributed by atoms with Gasteiger partial charge < -0.3 is 5.32 Å². The summed E-state index contributed by atoms with van der Waals surface area (Å²) >= 11 is 0. The number of aromatic nitrogens is 2. The molecule has 0 aliphatic heterocycles. The number of hydrogen-bond donors (Lipinski definition) is 1. The maximum absolute atomic E-state index is 13.5. The molecule has 0 aliphatic rings. The third kappa shape index (κ3) is 3.20. The van der Waals surface area contributed by atoms with Gasteiger partial charge in [-0.2, -0.15) is 10.2 Å². The van der Waals surface area contributed by atoms with E-state index in [1.165, 1.54) is 6.07 Å². The molecule has 0 aliphatic carbocycles. The molecule has 0 fully saturated rings. The summed E-state index contributed by atoms with van der Waals surface area (Å²) in [4.78, 5) is 0. The van der Waals surface area contributed by atoms with Crippen LogP contribution in [0.15, 0.2) is 30.3 Å². The summed E-state index contributed by atoms with van der Waals surface area (Å²) in [6, 6.07) is 8.68. The summed E-state index contributed by atoms with van der Waals surface area (Å²) in [5.41, 5.74) is 3.81. The van der Waals surface area contributed by atoms with Gasteiger partial charge in [0.15, 0.2) is 0 Å². The fourth-order valence-corrected chi connectivity index (χ4v) is 2.36. The highest BCUT2D eigenvalue weighted by Gasteiger charge is 2.18. The zero-order chi connectivity index (χ0) is 14.5. The predicted octanol–water partition coefficient (Wildman–Crippen LogP) is 3.19. The molecule has 0 radical (unpaired) electrons. The zero-order valence-electron chi connectivity index (χ0n) is 12.2. The van der Waals surface area contributed by atoms with Gasteiger partial charge in [-0.25, -0.2) is 4.39 Å². The first kappa shape index (κ1) is 14.6. The second kappa shape index (κ2) is 6.57. The highest BCUT2D eigenvalue weighted by atomic mass is 19.1. The van der Waals surface area contributed by atoms with Gasteiger partial charge in [0, 0.05) is 0 Å². The van der Waals surface area contributed by atoms with E-state index in [0.29, 0.717) is 0 Å². The van der Waals surface area contributed by atoms with Gasteiger partial charge in [-0.3, -0.25) is 0 Å². The van der Waals surface area contributed by atoms with Crippen LogP contribution in [-0.4, -0.2) is 16.7 Å². The second-order valence-corrected chi connectivity index (χ2v) is 4.79. The highest BCUT2D eigenvalue weighted by molar-refractivity contribution is 5.35. The Morgan fingerprint density at radius 1 is 1.20 bits per heavy atom. The van der Waals surface area contributed by atoms with Crippen molar-refractivity contribution in [3.63, 3.8) is 0 Å². The van der Waals surface area contributed by atoms with Crippen LogP contribution >= 0.6 is 0 Å². The minimum Gasteiger partial charge on any atom is -0.306 e. The number of aryl methyl sites for hydroxylation is 2. The Morgan fingerprint density at radius 2 is 2.00 bits per heavy atom. The highest BCUT2D eigenvalue weighted by Crippen LogP contribution is 2.25. The normalized spacial score (nSPS) is 12.4. The molecule has 1 aromatic heterocycles. The van der Waals surface area contributed by atoms with Gasteiger partial charge in [-0.1, -0.05) is 26.0 Å². The van der Waals surface area contributed by atoms with Crippen LogP contribution < -0.4 is 5.32 Å². The molecule has 0 saturated heterocycles. The summed E-state index contributed by atoms with van der Waals surface area (Å²) in [6.45, 7) is 6.81. The third-order valence-corrected chi connectivity index (χ3v) is 3.26. The molecule has 0 spiro atoms. The van der Waals surface area contributed by atoms with Gasteiger partial charge in [0.05, 0.1) is 17.4 Å². The standard InChI is InChI=1S/C16H20FN3/c1-4-15-14(9-11(3)19-20-15)16(18-5-2)12-7-6-8-13(17)10-12/h6-10,16,18H,4-5H2,1-3H3. The van der Waals surface area contributed by atoms with Crippen LogP contribution in [0.4, 0.5) is 4.39 Å². The van der Waals surface area contributed by atoms with Crippen LogP contribution in [0.1, 0.15) is 42.4 Å². The van der Waals surface area contributed by atoms with E-state index < -0.39 is 0 Å². The predicted molar refractivity (Wildman–Crippen MR) is 78.1 cm³/mol. The molecule has 4 heteroatoms. The van der Waals surface area contributed by atoms with Crippen LogP contribution in [0.25, 0.3) is 0 Å². The Bertz CT molecular complexity index is 584. The lowest BCUT2D eigenvalue weighted by Gasteiger charge is -2.21. The smallest absolute Gasteiger partial charge is 0.123 e. The van der Waals surface area contributed by atoms with Crippen molar-refractivity contribution in [2.24, 2.45) is 0 Å². The average molecular weight is 273 g/mol. The van der Waals surface area contributed by atoms with Crippen LogP contribution in [0.5, 0.6) is 0 Å². The van der Waals surface area contributed by atoms with E-state index in [1.54, 1.807) is 12.1 Å². The minimum atomic E-state index is -0.220. The van der Waals surface area contributed by atoms with Crippen LogP contribution in [0, 0.1) is 12.7 Å². The molecule has 1 N–H and O–H groups in total. The minimum absolute atomic E-state index is 0.0557. The van der Waals surface area contributed by atoms with Gasteiger partial charge in [-0.15, -0.1) is 0 Å². The van der Waals surface area contributed by atoms with Gasteiger partial charge in [0.1, 0.15) is 5.82 Å². The van der Waals surface area contributed by atoms with Crippen LogP contribution in [0.2, 0.25) is 0 Å². The molecular weight excluding hydrogens is 253 g/mol. The summed E-state index contributed by atoms with van der Waals surface area (Å²) in [5, 5.41) is 11.8. The van der Waals surface area contributed by atoms with Gasteiger partial charge in [-0.05, 0) is 49.2 Å². The lowest BCUT2D eigenvalue weighted by atomic mass is 9.96. The molecule has 1 heterocycles. The molecule has 2 rings (SSSR count). The molecular formula is C16H20FN3. The number of benzene rings is 1. The van der Waals surface area contributed by atoms with Crippen molar-refractivity contribution in [2.45, 2.75) is 33.2 Å². The van der Waals surface area contributed by atoms with Gasteiger partial charge in [0.2, 0.25) is 0 Å². The van der Waals surface area contributed by atoms with Crippen LogP contribution in [0.3, 0.4) is 0 Å². The Labute approximate surface area is 119 Å². The molecule has 0 bridgehead atoms.